The zero-order chi connectivity index (χ0) is 27.2. The van der Waals surface area contributed by atoms with Gasteiger partial charge < -0.3 is 29.5 Å². The fraction of sp³-hybridized carbons (Fsp3) is 0.714. The standard InChI is InChI=1S/C28H44O8/c1-16-10-8-9-11-23(30)18(3)14-19(4)25(17(2)12-13-24(31)35-21(16)6)36-27-26(32)28(33,22(7)29)15-20(5)34-27/h8-13,16-22,25-27,29,32-33H,14-15H2,1-7H3/t16-,17-,18?,19-,20+,21+,22?,25+,26-,27?,28-/m0/s1. The molecule has 8 heteroatoms. The molecule has 0 saturated carbocycles. The first kappa shape index (κ1) is 30.4. The minimum Gasteiger partial charge on any atom is -0.459 e. The van der Waals surface area contributed by atoms with Crippen molar-refractivity contribution < 1.29 is 39.1 Å². The Kier molecular flexibility index (Phi) is 11.1. The number of cyclic esters (lactones) is 1. The summed E-state index contributed by atoms with van der Waals surface area (Å²) in [6.07, 6.45) is 5.23. The number of allylic oxidation sites excluding steroid dienone is 3. The lowest BCUT2D eigenvalue weighted by molar-refractivity contribution is -0.322. The molecule has 3 N–H and O–H groups in total. The Morgan fingerprint density at radius 1 is 1.03 bits per heavy atom. The number of ketones is 1. The third kappa shape index (κ3) is 7.83. The van der Waals surface area contributed by atoms with E-state index in [4.69, 9.17) is 14.2 Å². The number of rotatable bonds is 3. The van der Waals surface area contributed by atoms with Gasteiger partial charge >= 0.3 is 5.97 Å². The number of esters is 1. The quantitative estimate of drug-likeness (QED) is 0.497. The van der Waals surface area contributed by atoms with Gasteiger partial charge in [0.05, 0.1) is 18.3 Å². The first-order valence-corrected chi connectivity index (χ1v) is 12.9. The highest BCUT2D eigenvalue weighted by molar-refractivity contribution is 5.91. The molecule has 204 valence electrons. The van der Waals surface area contributed by atoms with Gasteiger partial charge in [0, 0.05) is 30.3 Å². The molecule has 1 saturated heterocycles. The zero-order valence-electron chi connectivity index (χ0n) is 22.5. The van der Waals surface area contributed by atoms with Crippen LogP contribution >= 0.6 is 0 Å². The maximum Gasteiger partial charge on any atom is 0.330 e. The highest BCUT2D eigenvalue weighted by Gasteiger charge is 2.51. The largest absolute Gasteiger partial charge is 0.459 e. The van der Waals surface area contributed by atoms with Crippen LogP contribution < -0.4 is 0 Å². The second kappa shape index (κ2) is 13.1. The van der Waals surface area contributed by atoms with E-state index in [1.54, 1.807) is 31.2 Å². The molecule has 0 radical (unpaired) electrons. The van der Waals surface area contributed by atoms with E-state index in [-0.39, 0.29) is 42.0 Å². The van der Waals surface area contributed by atoms with Gasteiger partial charge in [0.2, 0.25) is 0 Å². The highest BCUT2D eigenvalue weighted by Crippen LogP contribution is 2.35. The van der Waals surface area contributed by atoms with Crippen LogP contribution in [0.15, 0.2) is 36.5 Å². The van der Waals surface area contributed by atoms with Crippen molar-refractivity contribution in [3.63, 3.8) is 0 Å². The van der Waals surface area contributed by atoms with Gasteiger partial charge in [-0.2, -0.15) is 0 Å². The van der Waals surface area contributed by atoms with Crippen molar-refractivity contribution in [3.05, 3.63) is 36.5 Å². The van der Waals surface area contributed by atoms with E-state index < -0.39 is 42.3 Å². The lowest BCUT2D eigenvalue weighted by Gasteiger charge is -2.47. The molecule has 2 aliphatic rings. The average Bonchev–Trinajstić information content (AvgIpc) is 2.80. The van der Waals surface area contributed by atoms with Gasteiger partial charge in [0.15, 0.2) is 12.1 Å². The summed E-state index contributed by atoms with van der Waals surface area (Å²) in [5, 5.41) is 32.0. The van der Waals surface area contributed by atoms with Crippen molar-refractivity contribution in [3.8, 4) is 0 Å². The smallest absolute Gasteiger partial charge is 0.330 e. The first-order valence-electron chi connectivity index (χ1n) is 12.9. The second-order valence-corrected chi connectivity index (χ2v) is 10.7. The predicted octanol–water partition coefficient (Wildman–Crippen LogP) is 3.10. The van der Waals surface area contributed by atoms with Crippen LogP contribution in [0.4, 0.5) is 0 Å². The normalized spacial score (nSPS) is 42.2. The van der Waals surface area contributed by atoms with Gasteiger partial charge in [0.1, 0.15) is 17.8 Å². The van der Waals surface area contributed by atoms with Crippen molar-refractivity contribution in [2.75, 3.05) is 0 Å². The summed E-state index contributed by atoms with van der Waals surface area (Å²) in [5.74, 6) is -1.31. The van der Waals surface area contributed by atoms with Crippen LogP contribution in [0.25, 0.3) is 0 Å². The molecular weight excluding hydrogens is 464 g/mol. The maximum atomic E-state index is 12.7. The van der Waals surface area contributed by atoms with Crippen molar-refractivity contribution in [2.45, 2.75) is 104 Å². The number of carbonyl (C=O) groups is 2. The molecule has 0 spiro atoms. The molecule has 0 aromatic heterocycles. The van der Waals surface area contributed by atoms with Gasteiger partial charge in [0.25, 0.3) is 0 Å². The van der Waals surface area contributed by atoms with Crippen LogP contribution in [-0.4, -0.2) is 69.5 Å². The molecule has 11 atom stereocenters. The van der Waals surface area contributed by atoms with Crippen LogP contribution in [0.2, 0.25) is 0 Å². The van der Waals surface area contributed by atoms with Crippen LogP contribution in [0.3, 0.4) is 0 Å². The molecule has 3 unspecified atom stereocenters. The predicted molar refractivity (Wildman–Crippen MR) is 136 cm³/mol. The molecule has 2 rings (SSSR count). The van der Waals surface area contributed by atoms with Crippen molar-refractivity contribution in [2.24, 2.45) is 23.7 Å². The fourth-order valence-corrected chi connectivity index (χ4v) is 4.81. The minimum absolute atomic E-state index is 0.0151. The van der Waals surface area contributed by atoms with E-state index in [1.165, 1.54) is 13.0 Å². The van der Waals surface area contributed by atoms with Crippen LogP contribution in [0, 0.1) is 23.7 Å². The van der Waals surface area contributed by atoms with Crippen LogP contribution in [0.5, 0.6) is 0 Å². The number of hydrogen-bond donors (Lipinski definition) is 3. The zero-order valence-corrected chi connectivity index (χ0v) is 22.5. The summed E-state index contributed by atoms with van der Waals surface area (Å²) in [7, 11) is 0. The number of aliphatic hydroxyl groups excluding tert-OH is 2. The van der Waals surface area contributed by atoms with Gasteiger partial charge in [-0.25, -0.2) is 4.79 Å². The molecule has 0 aromatic rings. The minimum atomic E-state index is -1.79. The second-order valence-electron chi connectivity index (χ2n) is 10.7. The van der Waals surface area contributed by atoms with E-state index >= 15 is 0 Å². The van der Waals surface area contributed by atoms with Gasteiger partial charge in [-0.1, -0.05) is 52.0 Å². The molecule has 36 heavy (non-hydrogen) atoms. The highest BCUT2D eigenvalue weighted by atomic mass is 16.7. The van der Waals surface area contributed by atoms with Crippen LogP contribution in [0.1, 0.15) is 61.3 Å². The summed E-state index contributed by atoms with van der Waals surface area (Å²) in [5.41, 5.74) is -1.79. The Morgan fingerprint density at radius 2 is 1.69 bits per heavy atom. The lowest BCUT2D eigenvalue weighted by Crippen LogP contribution is -2.63. The van der Waals surface area contributed by atoms with Gasteiger partial charge in [-0.3, -0.25) is 4.79 Å². The van der Waals surface area contributed by atoms with Gasteiger partial charge in [-0.05, 0) is 39.2 Å². The summed E-state index contributed by atoms with van der Waals surface area (Å²) in [6.45, 7) is 12.6. The van der Waals surface area contributed by atoms with E-state index in [9.17, 15) is 24.9 Å². The Hall–Kier alpha value is -1.84. The summed E-state index contributed by atoms with van der Waals surface area (Å²) >= 11 is 0. The Bertz CT molecular complexity index is 833. The molecule has 0 bridgehead atoms. The summed E-state index contributed by atoms with van der Waals surface area (Å²) in [6, 6.07) is 0. The molecule has 8 nitrogen and oxygen atoms in total. The average molecular weight is 509 g/mol. The fourth-order valence-electron chi connectivity index (χ4n) is 4.81. The van der Waals surface area contributed by atoms with Crippen molar-refractivity contribution in [1.82, 2.24) is 0 Å². The van der Waals surface area contributed by atoms with E-state index in [0.717, 1.165) is 0 Å². The SMILES string of the molecule is CC1C[C@H](C)[C@H](OC2O[C@H](C)C[C@](O)(C(C)O)[C@H]2O)[C@@H](C)C=CC(=O)O[C@H](C)[C@@H](C)C=CC=CC1=O. The van der Waals surface area contributed by atoms with Crippen LogP contribution in [-0.2, 0) is 23.8 Å². The van der Waals surface area contributed by atoms with E-state index in [2.05, 4.69) is 0 Å². The monoisotopic (exact) mass is 508 g/mol. The summed E-state index contributed by atoms with van der Waals surface area (Å²) in [4.78, 5) is 25.2. The third-order valence-corrected chi connectivity index (χ3v) is 7.42. The van der Waals surface area contributed by atoms with Crippen molar-refractivity contribution in [1.29, 1.82) is 0 Å². The third-order valence-electron chi connectivity index (χ3n) is 7.42. The lowest BCUT2D eigenvalue weighted by atomic mass is 9.82. The molecule has 1 fully saturated rings. The molecule has 0 aliphatic carbocycles. The Balaban J connectivity index is 2.35. The maximum absolute atomic E-state index is 12.7. The van der Waals surface area contributed by atoms with Gasteiger partial charge in [-0.15, -0.1) is 0 Å². The molecule has 0 amide bonds. The molecular formula is C28H44O8. The van der Waals surface area contributed by atoms with Crippen molar-refractivity contribution >= 4 is 11.8 Å². The topological polar surface area (TPSA) is 123 Å². The molecule has 0 aromatic carbocycles. The number of carbonyl (C=O) groups excluding carboxylic acids is 2. The first-order chi connectivity index (χ1) is 16.8. The number of hydrogen-bond acceptors (Lipinski definition) is 8. The van der Waals surface area contributed by atoms with E-state index in [0.29, 0.717) is 6.42 Å². The molecule has 2 heterocycles. The Labute approximate surface area is 215 Å². The number of ether oxygens (including phenoxy) is 3. The number of aliphatic hydroxyl groups is 3. The summed E-state index contributed by atoms with van der Waals surface area (Å²) < 4.78 is 17.6. The molecule has 2 aliphatic heterocycles. The van der Waals surface area contributed by atoms with E-state index in [1.807, 2.05) is 40.7 Å². The Morgan fingerprint density at radius 3 is 2.33 bits per heavy atom.